The molecule has 3 aromatic rings. The molecule has 0 aliphatic rings. The standard InChI is InChI=1S/C20H21N3O3/c1-13(14-5-4-6-16(9-14)25-2)22-20-12-21-11-17(23-20)15-7-8-18(24)19(10-15)26-3/h4-13,24H,1-3H3,(H,22,23). The highest BCUT2D eigenvalue weighted by Crippen LogP contribution is 2.31. The van der Waals surface area contributed by atoms with Crippen LogP contribution in [0, 0.1) is 0 Å². The second-order valence-electron chi connectivity index (χ2n) is 5.82. The van der Waals surface area contributed by atoms with Crippen molar-refractivity contribution < 1.29 is 14.6 Å². The molecule has 6 heteroatoms. The summed E-state index contributed by atoms with van der Waals surface area (Å²) in [6, 6.07) is 13.0. The van der Waals surface area contributed by atoms with Gasteiger partial charge in [-0.2, -0.15) is 0 Å². The van der Waals surface area contributed by atoms with Crippen molar-refractivity contribution >= 4 is 5.82 Å². The van der Waals surface area contributed by atoms with Gasteiger partial charge in [-0.15, -0.1) is 0 Å². The van der Waals surface area contributed by atoms with Gasteiger partial charge >= 0.3 is 0 Å². The van der Waals surface area contributed by atoms with E-state index in [0.29, 0.717) is 17.3 Å². The van der Waals surface area contributed by atoms with Crippen LogP contribution in [-0.4, -0.2) is 29.3 Å². The number of phenolic OH excluding ortho intramolecular Hbond substituents is 1. The van der Waals surface area contributed by atoms with Crippen LogP contribution in [0.3, 0.4) is 0 Å². The first kappa shape index (κ1) is 17.5. The summed E-state index contributed by atoms with van der Waals surface area (Å²) < 4.78 is 10.4. The number of nitrogens with one attached hydrogen (secondary N) is 1. The summed E-state index contributed by atoms with van der Waals surface area (Å²) in [6.45, 7) is 2.05. The van der Waals surface area contributed by atoms with E-state index in [0.717, 1.165) is 16.9 Å². The normalized spacial score (nSPS) is 11.7. The molecule has 1 heterocycles. The van der Waals surface area contributed by atoms with Gasteiger partial charge in [-0.3, -0.25) is 4.98 Å². The number of phenols is 1. The van der Waals surface area contributed by atoms with Gasteiger partial charge in [-0.1, -0.05) is 12.1 Å². The highest BCUT2D eigenvalue weighted by molar-refractivity contribution is 5.64. The van der Waals surface area contributed by atoms with Crippen molar-refractivity contribution in [2.45, 2.75) is 13.0 Å². The number of nitrogens with zero attached hydrogens (tertiary/aromatic N) is 2. The van der Waals surface area contributed by atoms with E-state index >= 15 is 0 Å². The predicted molar refractivity (Wildman–Crippen MR) is 101 cm³/mol. The predicted octanol–water partition coefficient (Wildman–Crippen LogP) is 4.04. The van der Waals surface area contributed by atoms with Gasteiger partial charge in [0.05, 0.1) is 38.3 Å². The lowest BCUT2D eigenvalue weighted by Crippen LogP contribution is -2.08. The summed E-state index contributed by atoms with van der Waals surface area (Å²) in [6.07, 6.45) is 3.35. The smallest absolute Gasteiger partial charge is 0.161 e. The maximum atomic E-state index is 9.74. The van der Waals surface area contributed by atoms with Crippen molar-refractivity contribution in [2.24, 2.45) is 0 Å². The van der Waals surface area contributed by atoms with E-state index < -0.39 is 0 Å². The molecule has 6 nitrogen and oxygen atoms in total. The summed E-state index contributed by atoms with van der Waals surface area (Å²) >= 11 is 0. The minimum atomic E-state index is 0.0315. The first-order valence-electron chi connectivity index (χ1n) is 8.20. The number of hydrogen-bond acceptors (Lipinski definition) is 6. The van der Waals surface area contributed by atoms with Crippen LogP contribution in [0.2, 0.25) is 0 Å². The van der Waals surface area contributed by atoms with Crippen LogP contribution in [0.5, 0.6) is 17.2 Å². The molecule has 0 saturated carbocycles. The highest BCUT2D eigenvalue weighted by atomic mass is 16.5. The molecule has 0 aliphatic carbocycles. The Morgan fingerprint density at radius 1 is 1.04 bits per heavy atom. The molecule has 1 atom stereocenters. The molecule has 26 heavy (non-hydrogen) atoms. The first-order chi connectivity index (χ1) is 12.6. The Balaban J connectivity index is 1.83. The maximum Gasteiger partial charge on any atom is 0.161 e. The second-order valence-corrected chi connectivity index (χ2v) is 5.82. The number of anilines is 1. The lowest BCUT2D eigenvalue weighted by atomic mass is 10.1. The Morgan fingerprint density at radius 2 is 1.88 bits per heavy atom. The number of aromatic nitrogens is 2. The average Bonchev–Trinajstić information content (AvgIpc) is 2.68. The Hall–Kier alpha value is -3.28. The average molecular weight is 351 g/mol. The molecule has 134 valence electrons. The molecule has 0 radical (unpaired) electrons. The van der Waals surface area contributed by atoms with Crippen molar-refractivity contribution in [1.82, 2.24) is 9.97 Å². The van der Waals surface area contributed by atoms with E-state index in [1.54, 1.807) is 37.7 Å². The molecule has 0 aliphatic heterocycles. The maximum absolute atomic E-state index is 9.74. The third-order valence-electron chi connectivity index (χ3n) is 4.07. The second kappa shape index (κ2) is 7.74. The summed E-state index contributed by atoms with van der Waals surface area (Å²) in [5.41, 5.74) is 2.58. The van der Waals surface area contributed by atoms with E-state index in [-0.39, 0.29) is 11.8 Å². The summed E-state index contributed by atoms with van der Waals surface area (Å²) in [4.78, 5) is 8.88. The lowest BCUT2D eigenvalue weighted by Gasteiger charge is -2.16. The monoisotopic (exact) mass is 351 g/mol. The molecule has 2 aromatic carbocycles. The number of methoxy groups -OCH3 is 2. The van der Waals surface area contributed by atoms with Crippen LogP contribution in [0.1, 0.15) is 18.5 Å². The zero-order chi connectivity index (χ0) is 18.5. The van der Waals surface area contributed by atoms with Crippen LogP contribution in [0.4, 0.5) is 5.82 Å². The van der Waals surface area contributed by atoms with Crippen LogP contribution in [-0.2, 0) is 0 Å². The van der Waals surface area contributed by atoms with Crippen molar-refractivity contribution in [3.8, 4) is 28.5 Å². The molecular weight excluding hydrogens is 330 g/mol. The van der Waals surface area contributed by atoms with E-state index in [1.165, 1.54) is 7.11 Å². The zero-order valence-corrected chi connectivity index (χ0v) is 14.9. The highest BCUT2D eigenvalue weighted by Gasteiger charge is 2.10. The van der Waals surface area contributed by atoms with E-state index in [1.807, 2.05) is 31.2 Å². The number of rotatable bonds is 6. The molecule has 0 saturated heterocycles. The molecule has 2 N–H and O–H groups in total. The van der Waals surface area contributed by atoms with Crippen LogP contribution >= 0.6 is 0 Å². The van der Waals surface area contributed by atoms with Gasteiger partial charge < -0.3 is 19.9 Å². The summed E-state index contributed by atoms with van der Waals surface area (Å²) in [7, 11) is 3.16. The quantitative estimate of drug-likeness (QED) is 0.698. The molecule has 0 spiro atoms. The SMILES string of the molecule is COc1cccc(C(C)Nc2cncc(-c3ccc(O)c(OC)c3)n2)c1. The van der Waals surface area contributed by atoms with Gasteiger partial charge in [0.15, 0.2) is 11.5 Å². The largest absolute Gasteiger partial charge is 0.504 e. The van der Waals surface area contributed by atoms with Crippen molar-refractivity contribution in [3.63, 3.8) is 0 Å². The third-order valence-corrected chi connectivity index (χ3v) is 4.07. The number of aromatic hydroxyl groups is 1. The number of hydrogen-bond donors (Lipinski definition) is 2. The fourth-order valence-corrected chi connectivity index (χ4v) is 2.63. The molecule has 0 fully saturated rings. The fourth-order valence-electron chi connectivity index (χ4n) is 2.63. The Morgan fingerprint density at radius 3 is 2.65 bits per heavy atom. The van der Waals surface area contributed by atoms with Gasteiger partial charge in [-0.05, 0) is 42.8 Å². The molecule has 3 rings (SSSR count). The summed E-state index contributed by atoms with van der Waals surface area (Å²) in [5, 5.41) is 13.1. The first-order valence-corrected chi connectivity index (χ1v) is 8.20. The fraction of sp³-hybridized carbons (Fsp3) is 0.200. The van der Waals surface area contributed by atoms with E-state index in [4.69, 9.17) is 9.47 Å². The van der Waals surface area contributed by atoms with Crippen LogP contribution in [0.25, 0.3) is 11.3 Å². The molecule has 1 aromatic heterocycles. The van der Waals surface area contributed by atoms with Gasteiger partial charge in [0.25, 0.3) is 0 Å². The van der Waals surface area contributed by atoms with Crippen molar-refractivity contribution in [3.05, 3.63) is 60.4 Å². The minimum absolute atomic E-state index is 0.0315. The van der Waals surface area contributed by atoms with Crippen LogP contribution in [0.15, 0.2) is 54.9 Å². The Labute approximate surface area is 152 Å². The van der Waals surface area contributed by atoms with Crippen molar-refractivity contribution in [2.75, 3.05) is 19.5 Å². The van der Waals surface area contributed by atoms with Crippen LogP contribution < -0.4 is 14.8 Å². The summed E-state index contributed by atoms with van der Waals surface area (Å²) in [5.74, 6) is 1.95. The van der Waals surface area contributed by atoms with Crippen molar-refractivity contribution in [1.29, 1.82) is 0 Å². The topological polar surface area (TPSA) is 76.5 Å². The molecule has 0 amide bonds. The molecular formula is C20H21N3O3. The third kappa shape index (κ3) is 3.85. The Kier molecular flexibility index (Phi) is 5.22. The Bertz CT molecular complexity index is 899. The zero-order valence-electron chi connectivity index (χ0n) is 14.9. The van der Waals surface area contributed by atoms with Gasteiger partial charge in [-0.25, -0.2) is 4.98 Å². The van der Waals surface area contributed by atoms with E-state index in [9.17, 15) is 5.11 Å². The molecule has 0 bridgehead atoms. The van der Waals surface area contributed by atoms with Gasteiger partial charge in [0, 0.05) is 5.56 Å². The number of benzene rings is 2. The number of ether oxygens (including phenoxy) is 2. The molecule has 1 unspecified atom stereocenters. The van der Waals surface area contributed by atoms with Gasteiger partial charge in [0.2, 0.25) is 0 Å². The van der Waals surface area contributed by atoms with E-state index in [2.05, 4.69) is 15.3 Å². The minimum Gasteiger partial charge on any atom is -0.504 e. The van der Waals surface area contributed by atoms with Gasteiger partial charge in [0.1, 0.15) is 11.6 Å². The lowest BCUT2D eigenvalue weighted by molar-refractivity contribution is 0.373.